The monoisotopic (exact) mass is 428 g/mol. The predicted octanol–water partition coefficient (Wildman–Crippen LogP) is 7.88. The maximum Gasteiger partial charge on any atom is 0.129 e. The maximum atomic E-state index is 6.02. The van der Waals surface area contributed by atoms with Gasteiger partial charge in [-0.2, -0.15) is 0 Å². The first kappa shape index (κ1) is 19.3. The molecular weight excluding hydrogens is 404 g/mol. The number of nitrogens with one attached hydrogen (secondary N) is 1. The van der Waals surface area contributed by atoms with E-state index in [9.17, 15) is 0 Å². The van der Waals surface area contributed by atoms with E-state index >= 15 is 0 Å². The lowest BCUT2D eigenvalue weighted by molar-refractivity contribution is 0.619. The van der Waals surface area contributed by atoms with Crippen molar-refractivity contribution in [3.05, 3.63) is 87.4 Å². The lowest BCUT2D eigenvalue weighted by Gasteiger charge is -2.33. The zero-order valence-electron chi connectivity index (χ0n) is 17.6. The Bertz CT molecular complexity index is 1310. The SMILES string of the molecule is Cc1cc2c(cc1C)-c1c(sn(-c3ccc(-c4ccccc4)cc3)c1=S)C(C)(C)N2. The summed E-state index contributed by atoms with van der Waals surface area (Å²) < 4.78 is 3.09. The first-order valence-corrected chi connectivity index (χ1v) is 11.4. The average molecular weight is 429 g/mol. The number of aromatic nitrogens is 1. The normalized spacial score (nSPS) is 14.0. The van der Waals surface area contributed by atoms with Crippen molar-refractivity contribution in [2.75, 3.05) is 5.32 Å². The summed E-state index contributed by atoms with van der Waals surface area (Å²) in [4.78, 5) is 1.29. The molecule has 0 aliphatic carbocycles. The van der Waals surface area contributed by atoms with Crippen LogP contribution in [0.2, 0.25) is 0 Å². The van der Waals surface area contributed by atoms with Gasteiger partial charge in [0, 0.05) is 16.8 Å². The van der Waals surface area contributed by atoms with Crippen LogP contribution in [0.3, 0.4) is 0 Å². The third kappa shape index (κ3) is 3.03. The summed E-state index contributed by atoms with van der Waals surface area (Å²) in [6, 6.07) is 23.7. The second kappa shape index (κ2) is 6.93. The molecule has 1 aliphatic heterocycles. The van der Waals surface area contributed by atoms with E-state index in [1.54, 1.807) is 11.5 Å². The highest BCUT2D eigenvalue weighted by Crippen LogP contribution is 2.48. The first-order valence-electron chi connectivity index (χ1n) is 10.2. The van der Waals surface area contributed by atoms with Gasteiger partial charge in [-0.1, -0.05) is 66.2 Å². The Kier molecular flexibility index (Phi) is 4.46. The summed E-state index contributed by atoms with van der Waals surface area (Å²) >= 11 is 7.77. The molecule has 0 saturated carbocycles. The molecule has 0 saturated heterocycles. The molecule has 0 bridgehead atoms. The minimum Gasteiger partial charge on any atom is -0.375 e. The zero-order valence-corrected chi connectivity index (χ0v) is 19.2. The summed E-state index contributed by atoms with van der Waals surface area (Å²) in [5.41, 5.74) is 9.56. The summed E-state index contributed by atoms with van der Waals surface area (Å²) in [6.45, 7) is 8.80. The van der Waals surface area contributed by atoms with Crippen molar-refractivity contribution in [1.29, 1.82) is 0 Å². The van der Waals surface area contributed by atoms with Crippen LogP contribution in [0, 0.1) is 18.5 Å². The Morgan fingerprint density at radius 3 is 2.20 bits per heavy atom. The molecule has 0 unspecified atom stereocenters. The van der Waals surface area contributed by atoms with Crippen molar-refractivity contribution in [3.8, 4) is 27.9 Å². The molecular formula is C26H24N2S2. The number of hydrogen-bond acceptors (Lipinski definition) is 3. The van der Waals surface area contributed by atoms with Gasteiger partial charge >= 0.3 is 0 Å². The van der Waals surface area contributed by atoms with E-state index in [0.717, 1.165) is 10.3 Å². The summed E-state index contributed by atoms with van der Waals surface area (Å²) in [5, 5.41) is 3.73. The number of fused-ring (bicyclic) bond motifs is 3. The van der Waals surface area contributed by atoms with Crippen LogP contribution in [0.5, 0.6) is 0 Å². The lowest BCUT2D eigenvalue weighted by Crippen LogP contribution is -2.30. The summed E-state index contributed by atoms with van der Waals surface area (Å²) in [5.74, 6) is 0. The van der Waals surface area contributed by atoms with Gasteiger partial charge in [-0.05, 0) is 74.2 Å². The fourth-order valence-corrected chi connectivity index (χ4v) is 5.81. The Morgan fingerprint density at radius 1 is 0.867 bits per heavy atom. The molecule has 4 aromatic rings. The van der Waals surface area contributed by atoms with E-state index in [1.807, 2.05) is 6.07 Å². The molecule has 0 spiro atoms. The number of hydrogen-bond donors (Lipinski definition) is 1. The quantitative estimate of drug-likeness (QED) is 0.327. The Balaban J connectivity index is 1.65. The third-order valence-electron chi connectivity index (χ3n) is 5.93. The van der Waals surface area contributed by atoms with Crippen LogP contribution in [0.4, 0.5) is 5.69 Å². The summed E-state index contributed by atoms with van der Waals surface area (Å²) in [6.07, 6.45) is 0. The predicted molar refractivity (Wildman–Crippen MR) is 131 cm³/mol. The maximum absolute atomic E-state index is 6.02. The Hall–Kier alpha value is -2.69. The van der Waals surface area contributed by atoms with Gasteiger partial charge in [0.2, 0.25) is 0 Å². The third-order valence-corrected chi connectivity index (χ3v) is 7.91. The van der Waals surface area contributed by atoms with Gasteiger partial charge in [-0.15, -0.1) is 0 Å². The fraction of sp³-hybridized carbons (Fsp3) is 0.192. The Morgan fingerprint density at radius 2 is 1.50 bits per heavy atom. The topological polar surface area (TPSA) is 17.0 Å². The number of benzene rings is 3. The molecule has 30 heavy (non-hydrogen) atoms. The van der Waals surface area contributed by atoms with E-state index in [4.69, 9.17) is 12.2 Å². The minimum atomic E-state index is -0.169. The molecule has 2 heterocycles. The lowest BCUT2D eigenvalue weighted by atomic mass is 9.88. The molecule has 1 N–H and O–H groups in total. The van der Waals surface area contributed by atoms with Gasteiger partial charge in [0.05, 0.1) is 16.1 Å². The van der Waals surface area contributed by atoms with E-state index in [2.05, 4.69) is 97.6 Å². The molecule has 3 aromatic carbocycles. The number of nitrogens with zero attached hydrogens (tertiary/aromatic N) is 1. The van der Waals surface area contributed by atoms with Crippen LogP contribution in [0.15, 0.2) is 66.7 Å². The van der Waals surface area contributed by atoms with E-state index in [1.165, 1.54) is 43.9 Å². The van der Waals surface area contributed by atoms with Crippen LogP contribution in [-0.4, -0.2) is 3.96 Å². The highest BCUT2D eigenvalue weighted by atomic mass is 32.1. The second-order valence-corrected chi connectivity index (χ2v) is 9.88. The van der Waals surface area contributed by atoms with Crippen molar-refractivity contribution < 1.29 is 0 Å². The highest BCUT2D eigenvalue weighted by molar-refractivity contribution is 7.71. The molecule has 0 atom stereocenters. The van der Waals surface area contributed by atoms with Crippen molar-refractivity contribution in [1.82, 2.24) is 3.96 Å². The smallest absolute Gasteiger partial charge is 0.129 e. The van der Waals surface area contributed by atoms with Gasteiger partial charge in [0.25, 0.3) is 0 Å². The van der Waals surface area contributed by atoms with E-state index in [0.29, 0.717) is 0 Å². The molecule has 0 amide bonds. The number of aryl methyl sites for hydroxylation is 2. The van der Waals surface area contributed by atoms with Crippen LogP contribution < -0.4 is 5.32 Å². The molecule has 150 valence electrons. The van der Waals surface area contributed by atoms with Crippen LogP contribution in [0.25, 0.3) is 27.9 Å². The molecule has 0 radical (unpaired) electrons. The molecule has 2 nitrogen and oxygen atoms in total. The van der Waals surface area contributed by atoms with Gasteiger partial charge in [-0.25, -0.2) is 0 Å². The molecule has 4 heteroatoms. The van der Waals surface area contributed by atoms with Crippen molar-refractivity contribution in [2.45, 2.75) is 33.2 Å². The standard InChI is InChI=1S/C26H24N2S2/c1-16-14-21-22(15-17(16)2)27-26(3,4)24-23(21)25(29)28(30-24)20-12-10-19(11-13-20)18-8-6-5-7-9-18/h5-15,27H,1-4H3. The average Bonchev–Trinajstić information content (AvgIpc) is 3.09. The van der Waals surface area contributed by atoms with Crippen LogP contribution >= 0.6 is 23.8 Å². The van der Waals surface area contributed by atoms with E-state index in [-0.39, 0.29) is 5.54 Å². The largest absolute Gasteiger partial charge is 0.375 e. The van der Waals surface area contributed by atoms with Crippen LogP contribution in [-0.2, 0) is 5.54 Å². The van der Waals surface area contributed by atoms with Crippen molar-refractivity contribution in [3.63, 3.8) is 0 Å². The van der Waals surface area contributed by atoms with Gasteiger partial charge < -0.3 is 5.32 Å². The van der Waals surface area contributed by atoms with Gasteiger partial charge in [-0.3, -0.25) is 3.96 Å². The Labute approximate surface area is 187 Å². The highest BCUT2D eigenvalue weighted by Gasteiger charge is 2.34. The molecule has 1 aromatic heterocycles. The molecule has 5 rings (SSSR count). The number of anilines is 1. The summed E-state index contributed by atoms with van der Waals surface area (Å²) in [7, 11) is 0. The molecule has 0 fully saturated rings. The second-order valence-electron chi connectivity index (χ2n) is 8.54. The van der Waals surface area contributed by atoms with Crippen LogP contribution in [0.1, 0.15) is 29.9 Å². The fourth-order valence-electron chi connectivity index (χ4n) is 4.15. The van der Waals surface area contributed by atoms with Gasteiger partial charge in [0.15, 0.2) is 0 Å². The zero-order chi connectivity index (χ0) is 21.0. The number of rotatable bonds is 2. The van der Waals surface area contributed by atoms with E-state index < -0.39 is 0 Å². The minimum absolute atomic E-state index is 0.169. The van der Waals surface area contributed by atoms with Crippen molar-refractivity contribution >= 4 is 29.4 Å². The first-order chi connectivity index (χ1) is 14.3. The van der Waals surface area contributed by atoms with Crippen molar-refractivity contribution in [2.24, 2.45) is 0 Å². The van der Waals surface area contributed by atoms with Gasteiger partial charge in [0.1, 0.15) is 4.64 Å². The molecule has 1 aliphatic rings.